The van der Waals surface area contributed by atoms with E-state index in [-0.39, 0.29) is 29.1 Å². The first-order chi connectivity index (χ1) is 13.9. The zero-order valence-electron chi connectivity index (χ0n) is 16.4. The lowest BCUT2D eigenvalue weighted by Crippen LogP contribution is -2.59. The molecular weight excluding hydrogens is 366 g/mol. The number of aromatic nitrogens is 2. The molecular formula is C22H23N5O2. The fourth-order valence-electron chi connectivity index (χ4n) is 5.16. The van der Waals surface area contributed by atoms with Crippen LogP contribution in [0.1, 0.15) is 31.5 Å². The van der Waals surface area contributed by atoms with Gasteiger partial charge in [-0.15, -0.1) is 6.58 Å². The molecule has 29 heavy (non-hydrogen) atoms. The van der Waals surface area contributed by atoms with Crippen molar-refractivity contribution in [2.24, 2.45) is 5.41 Å². The summed E-state index contributed by atoms with van der Waals surface area (Å²) in [6.45, 7) is 8.32. The van der Waals surface area contributed by atoms with E-state index in [2.05, 4.69) is 47.1 Å². The van der Waals surface area contributed by atoms with Crippen LogP contribution in [0.2, 0.25) is 0 Å². The number of nitrogens with zero attached hydrogens (tertiary/aromatic N) is 2. The number of para-hydroxylation sites is 1. The molecule has 2 amide bonds. The number of hydrogen-bond donors (Lipinski definition) is 3. The first-order valence-electron chi connectivity index (χ1n) is 9.72. The number of anilines is 1. The van der Waals surface area contributed by atoms with Crippen molar-refractivity contribution >= 4 is 23.6 Å². The molecule has 4 heterocycles. The van der Waals surface area contributed by atoms with Gasteiger partial charge in [-0.3, -0.25) is 9.59 Å². The van der Waals surface area contributed by atoms with E-state index in [0.717, 1.165) is 11.3 Å². The number of rotatable bonds is 3. The molecule has 1 aromatic carbocycles. The summed E-state index contributed by atoms with van der Waals surface area (Å²) in [5.41, 5.74) is 2.24. The van der Waals surface area contributed by atoms with Crippen LogP contribution in [-0.4, -0.2) is 38.9 Å². The molecule has 1 aromatic heterocycles. The minimum absolute atomic E-state index is 0.164. The molecule has 0 radical (unpaired) electrons. The van der Waals surface area contributed by atoms with Gasteiger partial charge in [0.2, 0.25) is 5.91 Å². The number of carbonyl (C=O) groups excluding carboxylic acids is 2. The highest BCUT2D eigenvalue weighted by Crippen LogP contribution is 2.60. The van der Waals surface area contributed by atoms with E-state index in [4.69, 9.17) is 0 Å². The highest BCUT2D eigenvalue weighted by molar-refractivity contribution is 6.08. The number of benzene rings is 1. The molecule has 0 unspecified atom stereocenters. The lowest BCUT2D eigenvalue weighted by Gasteiger charge is -2.43. The number of nitrogens with one attached hydrogen (secondary N) is 3. The molecule has 3 aliphatic rings. The van der Waals surface area contributed by atoms with Gasteiger partial charge in [0.05, 0.1) is 18.2 Å². The molecule has 0 saturated carbocycles. The third kappa shape index (κ3) is 2.21. The number of imidazole rings is 1. The van der Waals surface area contributed by atoms with Crippen molar-refractivity contribution in [3.8, 4) is 0 Å². The average Bonchev–Trinajstić information content (AvgIpc) is 3.40. The number of piperazine rings is 1. The Morgan fingerprint density at radius 1 is 1.31 bits per heavy atom. The molecule has 0 spiro atoms. The van der Waals surface area contributed by atoms with Gasteiger partial charge in [0.15, 0.2) is 0 Å². The smallest absolute Gasteiger partial charge is 0.272 e. The van der Waals surface area contributed by atoms with E-state index < -0.39 is 11.5 Å². The van der Waals surface area contributed by atoms with Gasteiger partial charge >= 0.3 is 0 Å². The lowest BCUT2D eigenvalue weighted by molar-refractivity contribution is -0.141. The predicted octanol–water partition coefficient (Wildman–Crippen LogP) is 2.38. The van der Waals surface area contributed by atoms with Crippen LogP contribution in [0.5, 0.6) is 0 Å². The van der Waals surface area contributed by atoms with Gasteiger partial charge in [-0.25, -0.2) is 4.98 Å². The Morgan fingerprint density at radius 2 is 2.10 bits per heavy atom. The summed E-state index contributed by atoms with van der Waals surface area (Å²) >= 11 is 0. The third-order valence-corrected chi connectivity index (χ3v) is 6.80. The van der Waals surface area contributed by atoms with Crippen molar-refractivity contribution in [2.75, 3.05) is 5.32 Å². The predicted molar refractivity (Wildman–Crippen MR) is 109 cm³/mol. The number of carbonyl (C=O) groups is 2. The molecule has 5 rings (SSSR count). The standard InChI is InChI=1S/C22H23N5O2/c1-4-21(2,3)22-10-17-18(28)25-16(9-13-11-23-12-24-13)19(29)27(17)20(22)26-15-8-6-5-7-14(15)22/h4-9,11-12,17,20,26H,1,10H2,2-3H3,(H,23,24)(H,25,28)/b16-9-/t17-,20-,22-/m0/s1. The van der Waals surface area contributed by atoms with Crippen molar-refractivity contribution in [2.45, 2.75) is 37.9 Å². The van der Waals surface area contributed by atoms with Crippen LogP contribution in [0.25, 0.3) is 6.08 Å². The van der Waals surface area contributed by atoms with Gasteiger partial charge in [-0.05, 0) is 29.5 Å². The molecule has 0 bridgehead atoms. The molecule has 3 N–H and O–H groups in total. The maximum atomic E-state index is 13.5. The van der Waals surface area contributed by atoms with E-state index >= 15 is 0 Å². The molecule has 3 atom stereocenters. The second-order valence-corrected chi connectivity index (χ2v) is 8.48. The topological polar surface area (TPSA) is 90.1 Å². The Labute approximate surface area is 168 Å². The van der Waals surface area contributed by atoms with Crippen LogP contribution < -0.4 is 10.6 Å². The Balaban J connectivity index is 1.65. The summed E-state index contributed by atoms with van der Waals surface area (Å²) in [7, 11) is 0. The fourth-order valence-corrected chi connectivity index (χ4v) is 5.16. The molecule has 2 aromatic rings. The van der Waals surface area contributed by atoms with Crippen LogP contribution >= 0.6 is 0 Å². The largest absolute Gasteiger partial charge is 0.364 e. The van der Waals surface area contributed by atoms with E-state index in [1.807, 2.05) is 24.3 Å². The summed E-state index contributed by atoms with van der Waals surface area (Å²) in [5.74, 6) is -0.362. The van der Waals surface area contributed by atoms with Gasteiger partial charge in [0, 0.05) is 11.1 Å². The Bertz CT molecular complexity index is 1050. The molecule has 3 aliphatic heterocycles. The zero-order chi connectivity index (χ0) is 20.4. The normalized spacial score (nSPS) is 29.2. The second kappa shape index (κ2) is 5.83. The third-order valence-electron chi connectivity index (χ3n) is 6.80. The minimum atomic E-state index is -0.536. The molecule has 7 heteroatoms. The van der Waals surface area contributed by atoms with Crippen molar-refractivity contribution in [3.63, 3.8) is 0 Å². The van der Waals surface area contributed by atoms with Crippen molar-refractivity contribution in [3.05, 3.63) is 66.4 Å². The first-order valence-corrected chi connectivity index (χ1v) is 9.72. The molecule has 2 saturated heterocycles. The van der Waals surface area contributed by atoms with Crippen molar-refractivity contribution < 1.29 is 9.59 Å². The average molecular weight is 389 g/mol. The quantitative estimate of drug-likeness (QED) is 0.555. The summed E-state index contributed by atoms with van der Waals surface area (Å²) in [6.07, 6.45) is 6.91. The van der Waals surface area contributed by atoms with Crippen molar-refractivity contribution in [1.29, 1.82) is 0 Å². The van der Waals surface area contributed by atoms with Crippen molar-refractivity contribution in [1.82, 2.24) is 20.2 Å². The Kier molecular flexibility index (Phi) is 3.56. The van der Waals surface area contributed by atoms with Gasteiger partial charge < -0.3 is 20.5 Å². The van der Waals surface area contributed by atoms with Gasteiger partial charge in [-0.1, -0.05) is 38.1 Å². The number of H-pyrrole nitrogens is 1. The van der Waals surface area contributed by atoms with E-state index in [1.54, 1.807) is 17.2 Å². The van der Waals surface area contributed by atoms with Crippen LogP contribution in [0.3, 0.4) is 0 Å². The summed E-state index contributed by atoms with van der Waals surface area (Å²) in [6, 6.07) is 7.57. The molecule has 7 nitrogen and oxygen atoms in total. The van der Waals surface area contributed by atoms with Gasteiger partial charge in [-0.2, -0.15) is 0 Å². The highest BCUT2D eigenvalue weighted by Gasteiger charge is 2.66. The van der Waals surface area contributed by atoms with Crippen LogP contribution in [0.4, 0.5) is 5.69 Å². The minimum Gasteiger partial charge on any atom is -0.364 e. The first kappa shape index (κ1) is 17.7. The number of allylic oxidation sites excluding steroid dienone is 1. The van der Waals surface area contributed by atoms with Crippen LogP contribution in [0, 0.1) is 5.41 Å². The Morgan fingerprint density at radius 3 is 2.83 bits per heavy atom. The number of aromatic amines is 1. The number of fused-ring (bicyclic) bond motifs is 5. The maximum absolute atomic E-state index is 13.5. The summed E-state index contributed by atoms with van der Waals surface area (Å²) in [5, 5.41) is 6.34. The monoisotopic (exact) mass is 389 g/mol. The van der Waals surface area contributed by atoms with Crippen LogP contribution in [-0.2, 0) is 15.0 Å². The summed E-state index contributed by atoms with van der Waals surface area (Å²) < 4.78 is 0. The Hall–Kier alpha value is -3.35. The van der Waals surface area contributed by atoms with Crippen LogP contribution in [0.15, 0.2) is 55.1 Å². The number of hydrogen-bond acceptors (Lipinski definition) is 4. The lowest BCUT2D eigenvalue weighted by atomic mass is 9.60. The molecule has 148 valence electrons. The van der Waals surface area contributed by atoms with E-state index in [9.17, 15) is 9.59 Å². The summed E-state index contributed by atoms with van der Waals surface area (Å²) in [4.78, 5) is 35.1. The maximum Gasteiger partial charge on any atom is 0.272 e. The highest BCUT2D eigenvalue weighted by atomic mass is 16.2. The molecule has 2 fully saturated rings. The molecule has 0 aliphatic carbocycles. The van der Waals surface area contributed by atoms with E-state index in [1.165, 1.54) is 6.33 Å². The van der Waals surface area contributed by atoms with Gasteiger partial charge in [0.1, 0.15) is 17.9 Å². The van der Waals surface area contributed by atoms with Gasteiger partial charge in [0.25, 0.3) is 5.91 Å². The number of amides is 2. The fraction of sp³-hybridized carbons (Fsp3) is 0.318. The second-order valence-electron chi connectivity index (χ2n) is 8.48. The SMILES string of the molecule is C=CC(C)(C)[C@]12C[C@H]3C(=O)N/C(=C\c4cnc[nH]4)C(=O)N3[C@@H]1Nc1ccccc12. The van der Waals surface area contributed by atoms with E-state index in [0.29, 0.717) is 12.1 Å². The zero-order valence-corrected chi connectivity index (χ0v) is 16.4.